The van der Waals surface area contributed by atoms with E-state index in [0.29, 0.717) is 36.5 Å². The first-order valence-corrected chi connectivity index (χ1v) is 6.31. The molecule has 0 aliphatic carbocycles. The number of hydrogen-bond acceptors (Lipinski definition) is 3. The third-order valence-electron chi connectivity index (χ3n) is 3.14. The van der Waals surface area contributed by atoms with Crippen LogP contribution in [0.1, 0.15) is 23.2 Å². The summed E-state index contributed by atoms with van der Waals surface area (Å²) >= 11 is 6.01. The Morgan fingerprint density at radius 3 is 2.83 bits per heavy atom. The number of carbonyl (C=O) groups excluding carboxylic acids is 2. The van der Waals surface area contributed by atoms with Gasteiger partial charge in [0, 0.05) is 25.1 Å². The van der Waals surface area contributed by atoms with Crippen LogP contribution in [0.25, 0.3) is 0 Å². The van der Waals surface area contributed by atoms with Crippen LogP contribution >= 0.6 is 11.6 Å². The Morgan fingerprint density at radius 2 is 2.17 bits per heavy atom. The predicted molar refractivity (Wildman–Crippen MR) is 69.6 cm³/mol. The largest absolute Gasteiger partial charge is 0.331 e. The van der Waals surface area contributed by atoms with Gasteiger partial charge in [0.05, 0.1) is 11.1 Å². The fourth-order valence-corrected chi connectivity index (χ4v) is 2.50. The van der Waals surface area contributed by atoms with Crippen LogP contribution in [0, 0.1) is 0 Å². The number of nitrogens with two attached hydrogens (primary N) is 1. The van der Waals surface area contributed by atoms with Gasteiger partial charge in [-0.2, -0.15) is 0 Å². The summed E-state index contributed by atoms with van der Waals surface area (Å²) in [6.07, 6.45) is 0.948. The predicted octanol–water partition coefficient (Wildman–Crippen LogP) is 1.47. The number of rotatable bonds is 4. The summed E-state index contributed by atoms with van der Waals surface area (Å²) in [5, 5.41) is 0.426. The normalized spacial score (nSPS) is 19.3. The van der Waals surface area contributed by atoms with Gasteiger partial charge in [-0.15, -0.1) is 0 Å². The molecule has 4 nitrogen and oxygen atoms in total. The van der Waals surface area contributed by atoms with Gasteiger partial charge in [-0.25, -0.2) is 0 Å². The highest BCUT2D eigenvalue weighted by Gasteiger charge is 2.36. The minimum Gasteiger partial charge on any atom is -0.331 e. The van der Waals surface area contributed by atoms with Crippen LogP contribution in [0.15, 0.2) is 24.3 Å². The number of hydrogen-bond donors (Lipinski definition) is 1. The second-order valence-electron chi connectivity index (χ2n) is 4.27. The maximum Gasteiger partial charge on any atom is 0.223 e. The lowest BCUT2D eigenvalue weighted by atomic mass is 10.0. The first kappa shape index (κ1) is 13.1. The molecule has 1 aromatic carbocycles. The van der Waals surface area contributed by atoms with Crippen LogP contribution in [-0.2, 0) is 4.79 Å². The van der Waals surface area contributed by atoms with Crippen LogP contribution < -0.4 is 5.73 Å². The maximum atomic E-state index is 12.4. The van der Waals surface area contributed by atoms with Gasteiger partial charge >= 0.3 is 0 Å². The number of amides is 1. The number of benzene rings is 1. The van der Waals surface area contributed by atoms with E-state index in [1.165, 1.54) is 0 Å². The minimum absolute atomic E-state index is 0.00847. The third kappa shape index (κ3) is 2.40. The summed E-state index contributed by atoms with van der Waals surface area (Å²) in [5.41, 5.74) is 5.94. The van der Waals surface area contributed by atoms with Crippen molar-refractivity contribution in [2.75, 3.05) is 13.1 Å². The van der Waals surface area contributed by atoms with E-state index in [4.69, 9.17) is 17.3 Å². The van der Waals surface area contributed by atoms with E-state index >= 15 is 0 Å². The zero-order valence-electron chi connectivity index (χ0n) is 9.93. The minimum atomic E-state index is -0.416. The van der Waals surface area contributed by atoms with E-state index in [2.05, 4.69) is 0 Å². The molecule has 0 aromatic heterocycles. The quantitative estimate of drug-likeness (QED) is 0.840. The molecule has 2 N–H and O–H groups in total. The Morgan fingerprint density at radius 1 is 1.44 bits per heavy atom. The summed E-state index contributed by atoms with van der Waals surface area (Å²) in [6, 6.07) is 6.49. The van der Waals surface area contributed by atoms with E-state index in [-0.39, 0.29) is 11.7 Å². The van der Waals surface area contributed by atoms with Gasteiger partial charge in [0.15, 0.2) is 5.78 Å². The van der Waals surface area contributed by atoms with Gasteiger partial charge < -0.3 is 10.6 Å². The monoisotopic (exact) mass is 266 g/mol. The van der Waals surface area contributed by atoms with Crippen molar-refractivity contribution >= 4 is 23.3 Å². The third-order valence-corrected chi connectivity index (χ3v) is 3.47. The lowest BCUT2D eigenvalue weighted by Gasteiger charge is -2.23. The molecular formula is C13H15ClN2O2. The van der Waals surface area contributed by atoms with Crippen LogP contribution in [0.2, 0.25) is 5.02 Å². The van der Waals surface area contributed by atoms with Crippen LogP contribution in [0.5, 0.6) is 0 Å². The van der Waals surface area contributed by atoms with Gasteiger partial charge in [-0.1, -0.05) is 23.7 Å². The fraction of sp³-hybridized carbons (Fsp3) is 0.385. The van der Waals surface area contributed by atoms with Crippen molar-refractivity contribution in [1.82, 2.24) is 4.90 Å². The summed E-state index contributed by atoms with van der Waals surface area (Å²) < 4.78 is 0. The lowest BCUT2D eigenvalue weighted by Crippen LogP contribution is -2.41. The average Bonchev–Trinajstić information content (AvgIpc) is 2.72. The summed E-state index contributed by atoms with van der Waals surface area (Å²) in [7, 11) is 0. The standard InChI is InChI=1S/C13H15ClN2O2/c14-10-4-2-1-3-9(10)13(18)11-5-6-12(17)16(11)8-7-15/h1-4,11H,5-8,15H2. The Balaban J connectivity index is 2.23. The zero-order chi connectivity index (χ0) is 13.1. The molecule has 1 heterocycles. The lowest BCUT2D eigenvalue weighted by molar-refractivity contribution is -0.128. The molecule has 1 atom stereocenters. The van der Waals surface area contributed by atoms with Crippen molar-refractivity contribution < 1.29 is 9.59 Å². The number of carbonyl (C=O) groups is 2. The molecule has 1 fully saturated rings. The molecule has 0 saturated carbocycles. The van der Waals surface area contributed by atoms with Gasteiger partial charge in [0.25, 0.3) is 0 Å². The average molecular weight is 267 g/mol. The molecule has 0 radical (unpaired) electrons. The first-order chi connectivity index (χ1) is 8.65. The van der Waals surface area contributed by atoms with Crippen LogP contribution in [0.3, 0.4) is 0 Å². The van der Waals surface area contributed by atoms with E-state index in [1.807, 2.05) is 0 Å². The SMILES string of the molecule is NCCN1C(=O)CCC1C(=O)c1ccccc1Cl. The molecule has 1 saturated heterocycles. The van der Waals surface area contributed by atoms with Crippen molar-refractivity contribution in [1.29, 1.82) is 0 Å². The van der Waals surface area contributed by atoms with Crippen molar-refractivity contribution in [2.45, 2.75) is 18.9 Å². The Labute approximate surface area is 111 Å². The molecule has 5 heteroatoms. The van der Waals surface area contributed by atoms with Crippen molar-refractivity contribution in [2.24, 2.45) is 5.73 Å². The maximum absolute atomic E-state index is 12.4. The zero-order valence-corrected chi connectivity index (χ0v) is 10.7. The van der Waals surface area contributed by atoms with E-state index in [1.54, 1.807) is 29.2 Å². The molecule has 1 aliphatic rings. The van der Waals surface area contributed by atoms with Gasteiger partial charge in [0.1, 0.15) is 0 Å². The van der Waals surface area contributed by atoms with Crippen molar-refractivity contribution in [3.05, 3.63) is 34.9 Å². The number of halogens is 1. The molecule has 1 aliphatic heterocycles. The Hall–Kier alpha value is -1.39. The molecule has 1 unspecified atom stereocenters. The molecule has 0 spiro atoms. The second-order valence-corrected chi connectivity index (χ2v) is 4.68. The van der Waals surface area contributed by atoms with E-state index in [0.717, 1.165) is 0 Å². The highest BCUT2D eigenvalue weighted by molar-refractivity contribution is 6.34. The first-order valence-electron chi connectivity index (χ1n) is 5.93. The number of ketones is 1. The van der Waals surface area contributed by atoms with Crippen molar-refractivity contribution in [3.63, 3.8) is 0 Å². The van der Waals surface area contributed by atoms with Crippen LogP contribution in [-0.4, -0.2) is 35.7 Å². The topological polar surface area (TPSA) is 63.4 Å². The van der Waals surface area contributed by atoms with E-state index < -0.39 is 6.04 Å². The molecular weight excluding hydrogens is 252 g/mol. The van der Waals surface area contributed by atoms with Gasteiger partial charge in [-0.3, -0.25) is 9.59 Å². The number of nitrogens with zero attached hydrogens (tertiary/aromatic N) is 1. The Kier molecular flexibility index (Phi) is 3.99. The summed E-state index contributed by atoms with van der Waals surface area (Å²) in [4.78, 5) is 25.6. The second kappa shape index (κ2) is 5.50. The highest BCUT2D eigenvalue weighted by Crippen LogP contribution is 2.25. The molecule has 0 bridgehead atoms. The molecule has 18 heavy (non-hydrogen) atoms. The fourth-order valence-electron chi connectivity index (χ4n) is 2.27. The highest BCUT2D eigenvalue weighted by atomic mass is 35.5. The molecule has 1 aromatic rings. The van der Waals surface area contributed by atoms with Gasteiger partial charge in [0.2, 0.25) is 5.91 Å². The molecule has 96 valence electrons. The number of Topliss-reactive ketones (excluding diaryl/α,β-unsaturated/α-hetero) is 1. The molecule has 1 amide bonds. The smallest absolute Gasteiger partial charge is 0.223 e. The molecule has 2 rings (SSSR count). The Bertz CT molecular complexity index is 476. The van der Waals surface area contributed by atoms with Gasteiger partial charge in [-0.05, 0) is 18.6 Å². The number of likely N-dealkylation sites (tertiary alicyclic amines) is 1. The summed E-state index contributed by atoms with van der Waals surface area (Å²) in [6.45, 7) is 0.776. The van der Waals surface area contributed by atoms with Crippen molar-refractivity contribution in [3.8, 4) is 0 Å². The van der Waals surface area contributed by atoms with E-state index in [9.17, 15) is 9.59 Å². The van der Waals surface area contributed by atoms with Crippen LogP contribution in [0.4, 0.5) is 0 Å². The summed E-state index contributed by atoms with van der Waals surface area (Å²) in [5.74, 6) is -0.106.